The molecule has 0 fully saturated rings. The molecule has 0 aliphatic heterocycles. The average molecular weight is 247 g/mol. The Morgan fingerprint density at radius 3 is 2.92 bits per heavy atom. The van der Waals surface area contributed by atoms with Crippen molar-refractivity contribution in [1.29, 1.82) is 0 Å². The minimum atomic E-state index is -0.387. The number of benzene rings is 1. The van der Waals surface area contributed by atoms with Crippen molar-refractivity contribution < 1.29 is 13.9 Å². The summed E-state index contributed by atoms with van der Waals surface area (Å²) >= 11 is 3.18. The quantitative estimate of drug-likeness (QED) is 0.820. The van der Waals surface area contributed by atoms with Crippen LogP contribution in [0.15, 0.2) is 22.7 Å². The van der Waals surface area contributed by atoms with Crippen LogP contribution in [-0.2, 0) is 4.79 Å². The average Bonchev–Trinajstić information content (AvgIpc) is 2.06. The molecule has 13 heavy (non-hydrogen) atoms. The summed E-state index contributed by atoms with van der Waals surface area (Å²) in [4.78, 5) is 10.6. The molecule has 70 valence electrons. The first kappa shape index (κ1) is 10.2. The van der Waals surface area contributed by atoms with Crippen LogP contribution in [0.1, 0.15) is 6.92 Å². The first-order valence-electron chi connectivity index (χ1n) is 3.67. The first-order chi connectivity index (χ1) is 6.09. The van der Waals surface area contributed by atoms with E-state index in [2.05, 4.69) is 15.9 Å². The summed E-state index contributed by atoms with van der Waals surface area (Å²) in [6.07, 6.45) is 0. The highest BCUT2D eigenvalue weighted by molar-refractivity contribution is 9.10. The van der Waals surface area contributed by atoms with Gasteiger partial charge < -0.3 is 4.74 Å². The van der Waals surface area contributed by atoms with E-state index in [1.165, 1.54) is 25.1 Å². The van der Waals surface area contributed by atoms with Crippen molar-refractivity contribution in [3.05, 3.63) is 28.5 Å². The Hall–Kier alpha value is -0.900. The molecule has 0 amide bonds. The van der Waals surface area contributed by atoms with Gasteiger partial charge in [0.15, 0.2) is 5.78 Å². The van der Waals surface area contributed by atoms with Gasteiger partial charge in [-0.3, -0.25) is 4.79 Å². The minimum Gasteiger partial charge on any atom is -0.485 e. The van der Waals surface area contributed by atoms with E-state index < -0.39 is 0 Å². The van der Waals surface area contributed by atoms with Crippen LogP contribution in [-0.4, -0.2) is 12.4 Å². The highest BCUT2D eigenvalue weighted by Crippen LogP contribution is 2.25. The molecule has 0 aromatic heterocycles. The predicted molar refractivity (Wildman–Crippen MR) is 50.3 cm³/mol. The van der Waals surface area contributed by atoms with Crippen LogP contribution in [0.25, 0.3) is 0 Å². The second kappa shape index (κ2) is 4.37. The van der Waals surface area contributed by atoms with Crippen LogP contribution < -0.4 is 4.74 Å². The molecular weight excluding hydrogens is 239 g/mol. The largest absolute Gasteiger partial charge is 0.485 e. The fourth-order valence-electron chi connectivity index (χ4n) is 0.767. The van der Waals surface area contributed by atoms with Gasteiger partial charge in [0, 0.05) is 6.07 Å². The van der Waals surface area contributed by atoms with Gasteiger partial charge >= 0.3 is 0 Å². The number of carbonyl (C=O) groups excluding carboxylic acids is 1. The SMILES string of the molecule is CC(=O)COc1cc(F)ccc1Br. The summed E-state index contributed by atoms with van der Waals surface area (Å²) in [5, 5.41) is 0. The van der Waals surface area contributed by atoms with E-state index in [-0.39, 0.29) is 18.2 Å². The first-order valence-corrected chi connectivity index (χ1v) is 4.46. The van der Waals surface area contributed by atoms with E-state index in [9.17, 15) is 9.18 Å². The molecule has 4 heteroatoms. The molecule has 2 nitrogen and oxygen atoms in total. The summed E-state index contributed by atoms with van der Waals surface area (Å²) < 4.78 is 18.4. The van der Waals surface area contributed by atoms with Gasteiger partial charge in [-0.2, -0.15) is 0 Å². The Morgan fingerprint density at radius 2 is 2.31 bits per heavy atom. The summed E-state index contributed by atoms with van der Waals surface area (Å²) in [7, 11) is 0. The van der Waals surface area contributed by atoms with Crippen LogP contribution in [0.5, 0.6) is 5.75 Å². The Kier molecular flexibility index (Phi) is 3.42. The highest BCUT2D eigenvalue weighted by Gasteiger charge is 2.03. The molecule has 0 saturated heterocycles. The number of hydrogen-bond acceptors (Lipinski definition) is 2. The normalized spacial score (nSPS) is 9.77. The van der Waals surface area contributed by atoms with E-state index in [4.69, 9.17) is 4.74 Å². The Bertz CT molecular complexity index is 325. The van der Waals surface area contributed by atoms with Crippen LogP contribution in [0, 0.1) is 5.82 Å². The highest BCUT2D eigenvalue weighted by atomic mass is 79.9. The van der Waals surface area contributed by atoms with Crippen molar-refractivity contribution in [2.45, 2.75) is 6.92 Å². The summed E-state index contributed by atoms with van der Waals surface area (Å²) in [5.74, 6) is -0.145. The van der Waals surface area contributed by atoms with Gasteiger partial charge in [-0.15, -0.1) is 0 Å². The molecule has 0 aliphatic carbocycles. The lowest BCUT2D eigenvalue weighted by atomic mass is 10.3. The van der Waals surface area contributed by atoms with E-state index in [1.807, 2.05) is 0 Å². The summed E-state index contributed by atoms with van der Waals surface area (Å²) in [6, 6.07) is 4.07. The van der Waals surface area contributed by atoms with Crippen molar-refractivity contribution in [3.8, 4) is 5.75 Å². The molecule has 1 aromatic rings. The molecular formula is C9H8BrFO2. The van der Waals surface area contributed by atoms with Crippen molar-refractivity contribution >= 4 is 21.7 Å². The lowest BCUT2D eigenvalue weighted by Crippen LogP contribution is -2.06. The molecule has 1 rings (SSSR count). The van der Waals surface area contributed by atoms with Gasteiger partial charge in [0.25, 0.3) is 0 Å². The van der Waals surface area contributed by atoms with Crippen LogP contribution in [0.2, 0.25) is 0 Å². The lowest BCUT2D eigenvalue weighted by Gasteiger charge is -2.05. The van der Waals surface area contributed by atoms with Crippen LogP contribution in [0.3, 0.4) is 0 Å². The smallest absolute Gasteiger partial charge is 0.167 e. The van der Waals surface area contributed by atoms with Crippen molar-refractivity contribution in [2.75, 3.05) is 6.61 Å². The van der Waals surface area contributed by atoms with Crippen molar-refractivity contribution in [2.24, 2.45) is 0 Å². The maximum Gasteiger partial charge on any atom is 0.167 e. The number of carbonyl (C=O) groups is 1. The zero-order valence-corrected chi connectivity index (χ0v) is 8.60. The third-order valence-electron chi connectivity index (χ3n) is 1.32. The van der Waals surface area contributed by atoms with Gasteiger partial charge in [0.2, 0.25) is 0 Å². The molecule has 0 bridgehead atoms. The maximum atomic E-state index is 12.7. The zero-order valence-electron chi connectivity index (χ0n) is 7.01. The number of ketones is 1. The van der Waals surface area contributed by atoms with E-state index in [1.54, 1.807) is 0 Å². The minimum absolute atomic E-state index is 0.0396. The number of halogens is 2. The molecule has 0 radical (unpaired) electrons. The summed E-state index contributed by atoms with van der Waals surface area (Å²) in [6.45, 7) is 1.37. The molecule has 0 saturated carbocycles. The molecule has 0 spiro atoms. The second-order valence-electron chi connectivity index (χ2n) is 2.57. The maximum absolute atomic E-state index is 12.7. The predicted octanol–water partition coefficient (Wildman–Crippen LogP) is 2.56. The number of rotatable bonds is 3. The molecule has 0 unspecified atom stereocenters. The van der Waals surface area contributed by atoms with Crippen molar-refractivity contribution in [1.82, 2.24) is 0 Å². The standard InChI is InChI=1S/C9H8BrFO2/c1-6(12)5-13-9-4-7(11)2-3-8(9)10/h2-4H,5H2,1H3. The third-order valence-corrected chi connectivity index (χ3v) is 1.98. The number of hydrogen-bond donors (Lipinski definition) is 0. The zero-order chi connectivity index (χ0) is 9.84. The van der Waals surface area contributed by atoms with E-state index >= 15 is 0 Å². The second-order valence-corrected chi connectivity index (χ2v) is 3.42. The van der Waals surface area contributed by atoms with E-state index in [0.29, 0.717) is 10.2 Å². The van der Waals surface area contributed by atoms with Crippen LogP contribution >= 0.6 is 15.9 Å². The number of ether oxygens (including phenoxy) is 1. The van der Waals surface area contributed by atoms with Gasteiger partial charge in [0.1, 0.15) is 18.2 Å². The Balaban J connectivity index is 2.75. The summed E-state index contributed by atoms with van der Waals surface area (Å²) in [5.41, 5.74) is 0. The van der Waals surface area contributed by atoms with Crippen LogP contribution in [0.4, 0.5) is 4.39 Å². The van der Waals surface area contributed by atoms with Gasteiger partial charge in [-0.25, -0.2) is 4.39 Å². The van der Waals surface area contributed by atoms with Crippen molar-refractivity contribution in [3.63, 3.8) is 0 Å². The molecule has 0 atom stereocenters. The van der Waals surface area contributed by atoms with E-state index in [0.717, 1.165) is 0 Å². The fraction of sp³-hybridized carbons (Fsp3) is 0.222. The monoisotopic (exact) mass is 246 g/mol. The van der Waals surface area contributed by atoms with Gasteiger partial charge in [0.05, 0.1) is 4.47 Å². The Morgan fingerprint density at radius 1 is 1.62 bits per heavy atom. The Labute approximate surface area is 83.8 Å². The van der Waals surface area contributed by atoms with Gasteiger partial charge in [-0.05, 0) is 35.0 Å². The molecule has 0 N–H and O–H groups in total. The third kappa shape index (κ3) is 3.14. The molecule has 1 aromatic carbocycles. The molecule has 0 heterocycles. The molecule has 0 aliphatic rings. The van der Waals surface area contributed by atoms with Gasteiger partial charge in [-0.1, -0.05) is 0 Å². The topological polar surface area (TPSA) is 26.3 Å². The number of Topliss-reactive ketones (excluding diaryl/α,β-unsaturated/α-hetero) is 1. The lowest BCUT2D eigenvalue weighted by molar-refractivity contribution is -0.118. The fourth-order valence-corrected chi connectivity index (χ4v) is 1.13.